The van der Waals surface area contributed by atoms with Crippen molar-refractivity contribution in [3.05, 3.63) is 38.4 Å². The highest BCUT2D eigenvalue weighted by Crippen LogP contribution is 2.38. The van der Waals surface area contributed by atoms with Gasteiger partial charge in [0.25, 0.3) is 5.91 Å². The number of aromatic nitrogens is 1. The second-order valence-corrected chi connectivity index (χ2v) is 6.40. The molecular formula is C17H21N5O5S. The van der Waals surface area contributed by atoms with Gasteiger partial charge in [0.1, 0.15) is 4.88 Å². The summed E-state index contributed by atoms with van der Waals surface area (Å²) in [5.41, 5.74) is 8.74. The average molecular weight is 407 g/mol. The van der Waals surface area contributed by atoms with Crippen LogP contribution in [0.5, 0.6) is 11.5 Å². The van der Waals surface area contributed by atoms with Crippen LogP contribution in [0.2, 0.25) is 0 Å². The normalized spacial score (nSPS) is 10.8. The lowest BCUT2D eigenvalue weighted by Crippen LogP contribution is -2.17. The number of nitro benzene ring substituents is 1. The zero-order valence-corrected chi connectivity index (χ0v) is 16.5. The van der Waals surface area contributed by atoms with Crippen molar-refractivity contribution in [3.8, 4) is 11.5 Å². The van der Waals surface area contributed by atoms with Crippen LogP contribution in [-0.2, 0) is 6.42 Å². The van der Waals surface area contributed by atoms with Gasteiger partial charge in [-0.15, -0.1) is 0 Å². The highest BCUT2D eigenvalue weighted by Gasteiger charge is 2.22. The Labute approximate surface area is 165 Å². The Morgan fingerprint density at radius 1 is 1.36 bits per heavy atom. The predicted molar refractivity (Wildman–Crippen MR) is 106 cm³/mol. The molecule has 0 saturated carbocycles. The van der Waals surface area contributed by atoms with Crippen molar-refractivity contribution >= 4 is 34.3 Å². The number of nitro groups is 1. The molecule has 0 aliphatic rings. The molecule has 0 unspecified atom stereocenters. The van der Waals surface area contributed by atoms with Gasteiger partial charge in [-0.2, -0.15) is 5.10 Å². The number of thiazole rings is 1. The molecule has 0 radical (unpaired) electrons. The lowest BCUT2D eigenvalue weighted by molar-refractivity contribution is -0.385. The molecule has 0 bridgehead atoms. The number of nitrogens with two attached hydrogens (primary N) is 1. The van der Waals surface area contributed by atoms with Crippen molar-refractivity contribution < 1.29 is 19.2 Å². The zero-order valence-electron chi connectivity index (χ0n) is 15.7. The molecule has 2 aromatic rings. The van der Waals surface area contributed by atoms with E-state index in [0.717, 1.165) is 11.3 Å². The summed E-state index contributed by atoms with van der Waals surface area (Å²) in [5, 5.41) is 15.6. The summed E-state index contributed by atoms with van der Waals surface area (Å²) in [6, 6.07) is 2.85. The van der Waals surface area contributed by atoms with Gasteiger partial charge in [0, 0.05) is 11.6 Å². The molecule has 1 aromatic heterocycles. The number of amides is 1. The van der Waals surface area contributed by atoms with E-state index >= 15 is 0 Å². The summed E-state index contributed by atoms with van der Waals surface area (Å²) in [6.45, 7) is 5.90. The molecule has 0 saturated heterocycles. The maximum Gasteiger partial charge on any atom is 0.315 e. The van der Waals surface area contributed by atoms with Crippen molar-refractivity contribution in [1.82, 2.24) is 10.4 Å². The van der Waals surface area contributed by atoms with E-state index in [-0.39, 0.29) is 23.8 Å². The molecule has 2 rings (SSSR count). The van der Waals surface area contributed by atoms with Crippen LogP contribution in [0, 0.1) is 10.1 Å². The smallest absolute Gasteiger partial charge is 0.315 e. The second-order valence-electron chi connectivity index (χ2n) is 5.37. The lowest BCUT2D eigenvalue weighted by atomic mass is 10.2. The second kappa shape index (κ2) is 9.65. The monoisotopic (exact) mass is 407 g/mol. The zero-order chi connectivity index (χ0) is 20.7. The number of nitrogen functional groups attached to an aromatic ring is 1. The van der Waals surface area contributed by atoms with Crippen LogP contribution in [0.25, 0.3) is 0 Å². The van der Waals surface area contributed by atoms with Crippen LogP contribution in [-0.4, -0.2) is 35.2 Å². The van der Waals surface area contributed by atoms with Gasteiger partial charge in [0.2, 0.25) is 5.75 Å². The number of nitrogens with one attached hydrogen (secondary N) is 1. The highest BCUT2D eigenvalue weighted by atomic mass is 32.1. The molecule has 0 aliphatic heterocycles. The number of hydrogen-bond acceptors (Lipinski definition) is 9. The molecule has 150 valence electrons. The minimum absolute atomic E-state index is 0.0586. The number of hydrogen-bond donors (Lipinski definition) is 2. The van der Waals surface area contributed by atoms with Gasteiger partial charge in [-0.05, 0) is 26.3 Å². The third-order valence-electron chi connectivity index (χ3n) is 3.48. The van der Waals surface area contributed by atoms with Gasteiger partial charge in [-0.25, -0.2) is 10.4 Å². The van der Waals surface area contributed by atoms with Crippen molar-refractivity contribution in [2.75, 3.05) is 18.9 Å². The number of benzene rings is 1. The average Bonchev–Trinajstić information content (AvgIpc) is 3.04. The van der Waals surface area contributed by atoms with Gasteiger partial charge in [-0.1, -0.05) is 18.3 Å². The van der Waals surface area contributed by atoms with E-state index in [0.29, 0.717) is 34.3 Å². The minimum atomic E-state index is -0.558. The molecule has 0 aliphatic carbocycles. The summed E-state index contributed by atoms with van der Waals surface area (Å²) in [5.74, 6) is -0.161. The molecule has 11 heteroatoms. The van der Waals surface area contributed by atoms with Crippen LogP contribution >= 0.6 is 11.3 Å². The first-order valence-electron chi connectivity index (χ1n) is 8.57. The molecule has 10 nitrogen and oxygen atoms in total. The van der Waals surface area contributed by atoms with Gasteiger partial charge in [0.05, 0.1) is 30.0 Å². The Bertz CT molecular complexity index is 896. The first-order chi connectivity index (χ1) is 13.4. The van der Waals surface area contributed by atoms with E-state index in [9.17, 15) is 14.9 Å². The molecule has 0 fully saturated rings. The SMILES string of the molecule is CCOc1cc(/C=N\NC(=O)c2sc(N)nc2CC)cc([N+](=O)[O-])c1OCC. The fourth-order valence-electron chi connectivity index (χ4n) is 2.37. The molecule has 1 heterocycles. The van der Waals surface area contributed by atoms with Crippen LogP contribution in [0.3, 0.4) is 0 Å². The largest absolute Gasteiger partial charge is 0.490 e. The maximum absolute atomic E-state index is 12.2. The van der Waals surface area contributed by atoms with Crippen LogP contribution in [0.1, 0.15) is 41.7 Å². The number of anilines is 1. The predicted octanol–water partition coefficient (Wildman–Crippen LogP) is 2.76. The first kappa shape index (κ1) is 21.1. The van der Waals surface area contributed by atoms with Crippen molar-refractivity contribution in [2.45, 2.75) is 27.2 Å². The van der Waals surface area contributed by atoms with E-state index in [1.54, 1.807) is 19.9 Å². The van der Waals surface area contributed by atoms with Crippen molar-refractivity contribution in [1.29, 1.82) is 0 Å². The topological polar surface area (TPSA) is 142 Å². The van der Waals surface area contributed by atoms with E-state index in [4.69, 9.17) is 15.2 Å². The van der Waals surface area contributed by atoms with Crippen LogP contribution < -0.4 is 20.6 Å². The standard InChI is InChI=1S/C17H21N5O5S/c1-4-11-15(28-17(18)20-11)16(23)21-19-9-10-7-12(22(24)25)14(27-6-3)13(8-10)26-5-2/h7-9H,4-6H2,1-3H3,(H2,18,20)(H,21,23)/b19-9-. The quantitative estimate of drug-likeness (QED) is 0.370. The minimum Gasteiger partial charge on any atom is -0.490 e. The molecular weight excluding hydrogens is 386 g/mol. The fraction of sp³-hybridized carbons (Fsp3) is 0.353. The maximum atomic E-state index is 12.2. The third-order valence-corrected chi connectivity index (χ3v) is 4.40. The van der Waals surface area contributed by atoms with Gasteiger partial charge >= 0.3 is 5.69 Å². The van der Waals surface area contributed by atoms with E-state index < -0.39 is 10.8 Å². The number of carbonyl (C=O) groups excluding carboxylic acids is 1. The Kier molecular flexibility index (Phi) is 7.27. The Balaban J connectivity index is 2.27. The van der Waals surface area contributed by atoms with E-state index in [1.807, 2.05) is 6.92 Å². The van der Waals surface area contributed by atoms with E-state index in [1.165, 1.54) is 12.3 Å². The lowest BCUT2D eigenvalue weighted by Gasteiger charge is -2.11. The Morgan fingerprint density at radius 3 is 2.68 bits per heavy atom. The van der Waals surface area contributed by atoms with Gasteiger partial charge < -0.3 is 15.2 Å². The summed E-state index contributed by atoms with van der Waals surface area (Å²) in [7, 11) is 0. The molecule has 3 N–H and O–H groups in total. The number of hydrazone groups is 1. The third kappa shape index (κ3) is 4.94. The molecule has 1 amide bonds. The number of carbonyl (C=O) groups is 1. The van der Waals surface area contributed by atoms with Crippen molar-refractivity contribution in [2.24, 2.45) is 5.10 Å². The summed E-state index contributed by atoms with van der Waals surface area (Å²) in [6.07, 6.45) is 1.85. The molecule has 0 atom stereocenters. The number of rotatable bonds is 9. The Morgan fingerprint density at radius 2 is 2.07 bits per heavy atom. The van der Waals surface area contributed by atoms with E-state index in [2.05, 4.69) is 15.5 Å². The summed E-state index contributed by atoms with van der Waals surface area (Å²) in [4.78, 5) is 27.5. The number of ether oxygens (including phenoxy) is 2. The van der Waals surface area contributed by atoms with Crippen LogP contribution in [0.4, 0.5) is 10.8 Å². The van der Waals surface area contributed by atoms with Crippen LogP contribution in [0.15, 0.2) is 17.2 Å². The summed E-state index contributed by atoms with van der Waals surface area (Å²) >= 11 is 1.07. The summed E-state index contributed by atoms with van der Waals surface area (Å²) < 4.78 is 10.8. The number of nitrogens with zero attached hydrogens (tertiary/aromatic N) is 3. The fourth-order valence-corrected chi connectivity index (χ4v) is 3.18. The Hall–Kier alpha value is -3.21. The molecule has 1 aromatic carbocycles. The van der Waals surface area contributed by atoms with Crippen molar-refractivity contribution in [3.63, 3.8) is 0 Å². The first-order valence-corrected chi connectivity index (χ1v) is 9.39. The van der Waals surface area contributed by atoms with Gasteiger partial charge in [-0.3, -0.25) is 14.9 Å². The van der Waals surface area contributed by atoms with Gasteiger partial charge in [0.15, 0.2) is 10.9 Å². The highest BCUT2D eigenvalue weighted by molar-refractivity contribution is 7.17. The molecule has 28 heavy (non-hydrogen) atoms. The number of aryl methyl sites for hydroxylation is 1. The molecule has 0 spiro atoms.